The molecule has 1 aromatic carbocycles. The molecule has 5 heteroatoms. The Morgan fingerprint density at radius 1 is 1.42 bits per heavy atom. The highest BCUT2D eigenvalue weighted by molar-refractivity contribution is 6.34. The van der Waals surface area contributed by atoms with Crippen LogP contribution in [-0.4, -0.2) is 48.9 Å². The number of benzene rings is 1. The molecule has 0 aromatic heterocycles. The highest BCUT2D eigenvalue weighted by Gasteiger charge is 2.26. The molecular weight excluding hydrogens is 262 g/mol. The smallest absolute Gasteiger partial charge is 0.257 e. The Morgan fingerprint density at radius 3 is 2.63 bits per heavy atom. The Kier molecular flexibility index (Phi) is 4.32. The second kappa shape index (κ2) is 5.80. The number of amides is 1. The minimum Gasteiger partial charge on any atom is -0.398 e. The molecule has 1 heterocycles. The third kappa shape index (κ3) is 3.01. The maximum atomic E-state index is 12.5. The van der Waals surface area contributed by atoms with Crippen LogP contribution in [0.25, 0.3) is 0 Å². The third-order valence-corrected chi connectivity index (χ3v) is 4.13. The van der Waals surface area contributed by atoms with Crippen molar-refractivity contribution in [2.24, 2.45) is 0 Å². The Morgan fingerprint density at radius 2 is 2.05 bits per heavy atom. The fraction of sp³-hybridized carbons (Fsp3) is 0.500. The maximum absolute atomic E-state index is 12.5. The number of piperidine rings is 1. The van der Waals surface area contributed by atoms with Gasteiger partial charge in [-0.15, -0.1) is 0 Å². The van der Waals surface area contributed by atoms with E-state index in [-0.39, 0.29) is 11.9 Å². The van der Waals surface area contributed by atoms with Crippen LogP contribution in [0.5, 0.6) is 0 Å². The van der Waals surface area contributed by atoms with Gasteiger partial charge in [0.05, 0.1) is 10.6 Å². The van der Waals surface area contributed by atoms with Gasteiger partial charge in [0.15, 0.2) is 0 Å². The van der Waals surface area contributed by atoms with Crippen molar-refractivity contribution in [3.63, 3.8) is 0 Å². The van der Waals surface area contributed by atoms with Gasteiger partial charge in [-0.1, -0.05) is 17.7 Å². The van der Waals surface area contributed by atoms with Crippen LogP contribution in [0.2, 0.25) is 5.02 Å². The summed E-state index contributed by atoms with van der Waals surface area (Å²) in [6, 6.07) is 5.43. The normalized spacial score (nSPS) is 17.4. The molecule has 2 N–H and O–H groups in total. The van der Waals surface area contributed by atoms with Gasteiger partial charge in [-0.25, -0.2) is 0 Å². The van der Waals surface area contributed by atoms with Gasteiger partial charge in [-0.05, 0) is 45.1 Å². The molecule has 0 unspecified atom stereocenters. The highest BCUT2D eigenvalue weighted by Crippen LogP contribution is 2.25. The molecule has 1 aliphatic heterocycles. The first-order valence-electron chi connectivity index (χ1n) is 6.50. The summed E-state index contributed by atoms with van der Waals surface area (Å²) in [5.41, 5.74) is 6.74. The number of nitrogens with two attached hydrogens (primary N) is 1. The molecule has 1 amide bonds. The number of carbonyl (C=O) groups is 1. The Labute approximate surface area is 119 Å². The molecule has 0 radical (unpaired) electrons. The van der Waals surface area contributed by atoms with Crippen molar-refractivity contribution in [3.8, 4) is 0 Å². The molecule has 1 saturated heterocycles. The van der Waals surface area contributed by atoms with Gasteiger partial charge in [-0.2, -0.15) is 0 Å². The van der Waals surface area contributed by atoms with Crippen LogP contribution in [0.15, 0.2) is 18.2 Å². The van der Waals surface area contributed by atoms with Crippen molar-refractivity contribution in [1.29, 1.82) is 0 Å². The standard InChI is InChI=1S/C14H20ClN3O/c1-17-8-6-10(7-9-17)18(2)14(19)13-11(15)4-3-5-12(13)16/h3-5,10H,6-9,16H2,1-2H3. The predicted octanol–water partition coefficient (Wildman–Crippen LogP) is 2.09. The van der Waals surface area contributed by atoms with Crippen molar-refractivity contribution in [1.82, 2.24) is 9.80 Å². The van der Waals surface area contributed by atoms with Crippen LogP contribution >= 0.6 is 11.6 Å². The van der Waals surface area contributed by atoms with Crippen LogP contribution in [-0.2, 0) is 0 Å². The molecule has 4 nitrogen and oxygen atoms in total. The van der Waals surface area contributed by atoms with Gasteiger partial charge in [0.1, 0.15) is 0 Å². The molecule has 1 aromatic rings. The molecule has 0 atom stereocenters. The largest absolute Gasteiger partial charge is 0.398 e. The molecular formula is C14H20ClN3O. The van der Waals surface area contributed by atoms with E-state index < -0.39 is 0 Å². The number of anilines is 1. The summed E-state index contributed by atoms with van der Waals surface area (Å²) >= 11 is 6.09. The van der Waals surface area contributed by atoms with Crippen molar-refractivity contribution in [2.75, 3.05) is 32.9 Å². The van der Waals surface area contributed by atoms with Gasteiger partial charge in [-0.3, -0.25) is 4.79 Å². The molecule has 0 aliphatic carbocycles. The van der Waals surface area contributed by atoms with E-state index in [1.54, 1.807) is 23.1 Å². The third-order valence-electron chi connectivity index (χ3n) is 3.82. The summed E-state index contributed by atoms with van der Waals surface area (Å²) in [7, 11) is 3.94. The minimum atomic E-state index is -0.0855. The molecule has 0 spiro atoms. The van der Waals surface area contributed by atoms with Crippen molar-refractivity contribution >= 4 is 23.2 Å². The number of rotatable bonds is 2. The summed E-state index contributed by atoms with van der Waals surface area (Å²) in [5, 5.41) is 0.421. The molecule has 1 fully saturated rings. The first-order chi connectivity index (χ1) is 9.00. The molecule has 2 rings (SSSR count). The monoisotopic (exact) mass is 281 g/mol. The SMILES string of the molecule is CN1CCC(N(C)C(=O)c2c(N)cccc2Cl)CC1. The number of likely N-dealkylation sites (tertiary alicyclic amines) is 1. The molecule has 1 aliphatic rings. The van der Waals surface area contributed by atoms with E-state index >= 15 is 0 Å². The van der Waals surface area contributed by atoms with Gasteiger partial charge in [0, 0.05) is 18.8 Å². The van der Waals surface area contributed by atoms with Gasteiger partial charge in [0.2, 0.25) is 0 Å². The zero-order chi connectivity index (χ0) is 14.0. The average molecular weight is 282 g/mol. The van der Waals surface area contributed by atoms with E-state index in [2.05, 4.69) is 11.9 Å². The van der Waals surface area contributed by atoms with Crippen molar-refractivity contribution < 1.29 is 4.79 Å². The second-order valence-corrected chi connectivity index (χ2v) is 5.56. The summed E-state index contributed by atoms with van der Waals surface area (Å²) < 4.78 is 0. The number of hydrogen-bond acceptors (Lipinski definition) is 3. The molecule has 104 valence electrons. The highest BCUT2D eigenvalue weighted by atomic mass is 35.5. The van der Waals surface area contributed by atoms with E-state index in [0.717, 1.165) is 25.9 Å². The van der Waals surface area contributed by atoms with Crippen LogP contribution in [0.3, 0.4) is 0 Å². The maximum Gasteiger partial charge on any atom is 0.257 e. The zero-order valence-corrected chi connectivity index (χ0v) is 12.2. The predicted molar refractivity (Wildman–Crippen MR) is 78.5 cm³/mol. The van der Waals surface area contributed by atoms with Crippen molar-refractivity contribution in [2.45, 2.75) is 18.9 Å². The zero-order valence-electron chi connectivity index (χ0n) is 11.4. The Hall–Kier alpha value is -1.26. The van der Waals surface area contributed by atoms with Crippen LogP contribution in [0.1, 0.15) is 23.2 Å². The summed E-state index contributed by atoms with van der Waals surface area (Å²) in [6.45, 7) is 2.03. The summed E-state index contributed by atoms with van der Waals surface area (Å²) in [5.74, 6) is -0.0855. The number of hydrogen-bond donors (Lipinski definition) is 1. The molecule has 19 heavy (non-hydrogen) atoms. The minimum absolute atomic E-state index is 0.0855. The first-order valence-corrected chi connectivity index (χ1v) is 6.88. The Balaban J connectivity index is 2.15. The average Bonchev–Trinajstić information content (AvgIpc) is 2.38. The fourth-order valence-electron chi connectivity index (χ4n) is 2.49. The van der Waals surface area contributed by atoms with E-state index in [9.17, 15) is 4.79 Å². The van der Waals surface area contributed by atoms with Gasteiger partial charge >= 0.3 is 0 Å². The molecule has 0 saturated carbocycles. The lowest BCUT2D eigenvalue weighted by Crippen LogP contribution is -2.44. The lowest BCUT2D eigenvalue weighted by Gasteiger charge is -2.35. The first kappa shape index (κ1) is 14.2. The number of carbonyl (C=O) groups excluding carboxylic acids is 1. The van der Waals surface area contributed by atoms with E-state index in [0.29, 0.717) is 16.3 Å². The summed E-state index contributed by atoms with van der Waals surface area (Å²) in [4.78, 5) is 16.6. The lowest BCUT2D eigenvalue weighted by atomic mass is 10.0. The fourth-order valence-corrected chi connectivity index (χ4v) is 2.75. The number of nitrogen functional groups attached to an aromatic ring is 1. The van der Waals surface area contributed by atoms with Crippen molar-refractivity contribution in [3.05, 3.63) is 28.8 Å². The van der Waals surface area contributed by atoms with E-state index in [1.165, 1.54) is 0 Å². The molecule has 0 bridgehead atoms. The second-order valence-electron chi connectivity index (χ2n) is 5.15. The number of nitrogens with zero attached hydrogens (tertiary/aromatic N) is 2. The Bertz CT molecular complexity index is 450. The van der Waals surface area contributed by atoms with Gasteiger partial charge in [0.25, 0.3) is 5.91 Å². The van der Waals surface area contributed by atoms with Gasteiger partial charge < -0.3 is 15.5 Å². The van der Waals surface area contributed by atoms with Crippen LogP contribution in [0.4, 0.5) is 5.69 Å². The van der Waals surface area contributed by atoms with Crippen LogP contribution in [0, 0.1) is 0 Å². The quantitative estimate of drug-likeness (QED) is 0.845. The topological polar surface area (TPSA) is 49.6 Å². The summed E-state index contributed by atoms with van der Waals surface area (Å²) in [6.07, 6.45) is 1.98. The van der Waals surface area contributed by atoms with E-state index in [1.807, 2.05) is 7.05 Å². The number of halogens is 1. The van der Waals surface area contributed by atoms with Crippen LogP contribution < -0.4 is 5.73 Å². The lowest BCUT2D eigenvalue weighted by molar-refractivity contribution is 0.0661. The van der Waals surface area contributed by atoms with E-state index in [4.69, 9.17) is 17.3 Å².